The number of hydrogen-bond donors (Lipinski definition) is 1. The first kappa shape index (κ1) is 23.2. The fourth-order valence-electron chi connectivity index (χ4n) is 4.94. The van der Waals surface area contributed by atoms with E-state index in [1.165, 1.54) is 7.11 Å². The number of rotatable bonds is 5. The molecule has 0 saturated carbocycles. The number of aromatic nitrogens is 3. The van der Waals surface area contributed by atoms with Crippen molar-refractivity contribution >= 4 is 11.8 Å². The molecule has 1 saturated heterocycles. The molecule has 0 spiro atoms. The van der Waals surface area contributed by atoms with Crippen molar-refractivity contribution in [2.45, 2.75) is 44.7 Å². The molecule has 2 aliphatic heterocycles. The normalized spacial score (nSPS) is 18.1. The minimum Gasteiger partial charge on any atom is -0.481 e. The third-order valence-electron chi connectivity index (χ3n) is 6.83. The molecule has 1 aromatic carbocycles. The maximum Gasteiger partial charge on any atom is 0.414 e. The van der Waals surface area contributed by atoms with Gasteiger partial charge in [-0.3, -0.25) is 9.58 Å². The summed E-state index contributed by atoms with van der Waals surface area (Å²) in [6, 6.07) is 9.78. The molecule has 1 amide bonds. The molecular weight excluding hydrogens is 446 g/mol. The van der Waals surface area contributed by atoms with E-state index in [-0.39, 0.29) is 12.1 Å². The number of hydrogen-bond acceptors (Lipinski definition) is 7. The summed E-state index contributed by atoms with van der Waals surface area (Å²) in [5.41, 5.74) is 3.62. The predicted octanol–water partition coefficient (Wildman–Crippen LogP) is 4.58. The van der Waals surface area contributed by atoms with Crippen LogP contribution in [0.15, 0.2) is 42.7 Å². The van der Waals surface area contributed by atoms with Crippen molar-refractivity contribution in [3.8, 4) is 28.6 Å². The third kappa shape index (κ3) is 4.55. The lowest BCUT2D eigenvalue weighted by atomic mass is 9.92. The Morgan fingerprint density at radius 1 is 1.09 bits per heavy atom. The van der Waals surface area contributed by atoms with Gasteiger partial charge in [0.05, 0.1) is 32.1 Å². The van der Waals surface area contributed by atoms with Crippen LogP contribution in [0, 0.1) is 0 Å². The van der Waals surface area contributed by atoms with Crippen LogP contribution >= 0.6 is 0 Å². The molecule has 1 atom stereocenters. The molecular formula is C26H31N5O4. The van der Waals surface area contributed by atoms with Crippen LogP contribution in [0.4, 0.5) is 10.5 Å². The second kappa shape index (κ2) is 9.95. The number of pyridine rings is 1. The molecule has 0 unspecified atom stereocenters. The number of fused-ring (bicyclic) bond motifs is 1. The summed E-state index contributed by atoms with van der Waals surface area (Å²) in [5.74, 6) is 1.57. The molecule has 9 heteroatoms. The Balaban J connectivity index is 1.60. The van der Waals surface area contributed by atoms with Crippen LogP contribution in [0.2, 0.25) is 0 Å². The second-order valence-electron chi connectivity index (χ2n) is 8.98. The average molecular weight is 478 g/mol. The van der Waals surface area contributed by atoms with Crippen LogP contribution in [0.1, 0.15) is 37.8 Å². The quantitative estimate of drug-likeness (QED) is 0.575. The van der Waals surface area contributed by atoms with E-state index >= 15 is 0 Å². The summed E-state index contributed by atoms with van der Waals surface area (Å²) in [7, 11) is 2.98. The molecule has 1 N–H and O–H groups in total. The Labute approximate surface area is 205 Å². The molecule has 1 fully saturated rings. The number of nitrogens with zero attached hydrogens (tertiary/aromatic N) is 4. The van der Waals surface area contributed by atoms with Crippen LogP contribution in [-0.2, 0) is 11.2 Å². The van der Waals surface area contributed by atoms with Crippen molar-refractivity contribution in [2.24, 2.45) is 0 Å². The maximum atomic E-state index is 12.6. The molecule has 5 rings (SSSR count). The van der Waals surface area contributed by atoms with Gasteiger partial charge in [-0.2, -0.15) is 10.1 Å². The van der Waals surface area contributed by atoms with Gasteiger partial charge in [-0.1, -0.05) is 6.07 Å². The monoisotopic (exact) mass is 477 g/mol. The van der Waals surface area contributed by atoms with Gasteiger partial charge in [-0.05, 0) is 57.8 Å². The molecule has 4 heterocycles. The lowest BCUT2D eigenvalue weighted by Gasteiger charge is -2.35. The Hall–Kier alpha value is -3.59. The van der Waals surface area contributed by atoms with Gasteiger partial charge in [0.1, 0.15) is 5.75 Å². The third-order valence-corrected chi connectivity index (χ3v) is 6.83. The Kier molecular flexibility index (Phi) is 6.59. The first-order chi connectivity index (χ1) is 17.1. The second-order valence-corrected chi connectivity index (χ2v) is 8.98. The van der Waals surface area contributed by atoms with E-state index in [2.05, 4.69) is 26.3 Å². The van der Waals surface area contributed by atoms with E-state index in [1.54, 1.807) is 24.1 Å². The Bertz CT molecular complexity index is 1200. The smallest absolute Gasteiger partial charge is 0.414 e. The van der Waals surface area contributed by atoms with Crippen molar-refractivity contribution in [1.82, 2.24) is 20.1 Å². The van der Waals surface area contributed by atoms with Crippen molar-refractivity contribution in [2.75, 3.05) is 32.2 Å². The first-order valence-electron chi connectivity index (χ1n) is 12.1. The van der Waals surface area contributed by atoms with Crippen molar-refractivity contribution in [3.05, 3.63) is 48.3 Å². The molecule has 2 aromatic heterocycles. The van der Waals surface area contributed by atoms with E-state index in [0.29, 0.717) is 23.6 Å². The minimum atomic E-state index is -0.379. The van der Waals surface area contributed by atoms with Crippen molar-refractivity contribution in [3.63, 3.8) is 0 Å². The molecule has 184 valence electrons. The number of piperidine rings is 1. The number of ether oxygens (including phenoxy) is 3. The topological polar surface area (TPSA) is 90.7 Å². The maximum absolute atomic E-state index is 12.6. The highest BCUT2D eigenvalue weighted by molar-refractivity contribution is 5.92. The van der Waals surface area contributed by atoms with E-state index < -0.39 is 0 Å². The number of nitrogens with one attached hydrogen (secondary N) is 1. The number of methoxy groups -OCH3 is 2. The summed E-state index contributed by atoms with van der Waals surface area (Å²) in [6.45, 7) is 4.02. The van der Waals surface area contributed by atoms with Crippen molar-refractivity contribution < 1.29 is 19.0 Å². The summed E-state index contributed by atoms with van der Waals surface area (Å²) < 4.78 is 18.9. The lowest BCUT2D eigenvalue weighted by Crippen LogP contribution is -2.42. The molecule has 3 aromatic rings. The molecule has 9 nitrogen and oxygen atoms in total. The zero-order chi connectivity index (χ0) is 24.4. The number of carbonyl (C=O) groups excluding carboxylic acids is 1. The summed E-state index contributed by atoms with van der Waals surface area (Å²) >= 11 is 0. The minimum absolute atomic E-state index is 0.0197. The van der Waals surface area contributed by atoms with Gasteiger partial charge in [-0.25, -0.2) is 4.79 Å². The van der Waals surface area contributed by atoms with Gasteiger partial charge < -0.3 is 19.5 Å². The fourth-order valence-corrected chi connectivity index (χ4v) is 4.94. The number of benzene rings is 1. The first-order valence-corrected chi connectivity index (χ1v) is 12.1. The Morgan fingerprint density at radius 3 is 2.66 bits per heavy atom. The van der Waals surface area contributed by atoms with E-state index in [1.807, 2.05) is 31.3 Å². The van der Waals surface area contributed by atoms with E-state index in [9.17, 15) is 4.79 Å². The largest absolute Gasteiger partial charge is 0.481 e. The van der Waals surface area contributed by atoms with Crippen molar-refractivity contribution in [1.29, 1.82) is 0 Å². The Morgan fingerprint density at radius 2 is 1.89 bits per heavy atom. The summed E-state index contributed by atoms with van der Waals surface area (Å²) in [4.78, 5) is 18.8. The van der Waals surface area contributed by atoms with E-state index in [0.717, 1.165) is 61.2 Å². The zero-order valence-electron chi connectivity index (χ0n) is 20.4. The van der Waals surface area contributed by atoms with Crippen LogP contribution in [0.25, 0.3) is 11.1 Å². The lowest BCUT2D eigenvalue weighted by molar-refractivity contribution is 0.175. The number of anilines is 1. The highest BCUT2D eigenvalue weighted by Crippen LogP contribution is 2.45. The highest BCUT2D eigenvalue weighted by Gasteiger charge is 2.32. The van der Waals surface area contributed by atoms with Gasteiger partial charge in [0.15, 0.2) is 0 Å². The zero-order valence-corrected chi connectivity index (χ0v) is 20.4. The highest BCUT2D eigenvalue weighted by atomic mass is 16.5. The molecule has 0 aliphatic carbocycles. The SMILES string of the molecule is COC(=O)N1c2ccc(-c3cnn(C4CCNCC4)c3)c(Oc3cccc(OC)n3)c2CC[C@@H]1C. The molecule has 0 bridgehead atoms. The molecule has 2 aliphatic rings. The van der Waals surface area contributed by atoms with Gasteiger partial charge in [-0.15, -0.1) is 0 Å². The number of amides is 1. The van der Waals surface area contributed by atoms with Gasteiger partial charge in [0.2, 0.25) is 11.8 Å². The van der Waals surface area contributed by atoms with Gasteiger partial charge in [0, 0.05) is 41.1 Å². The predicted molar refractivity (Wildman–Crippen MR) is 132 cm³/mol. The van der Waals surface area contributed by atoms with Gasteiger partial charge >= 0.3 is 6.09 Å². The fraction of sp³-hybridized carbons (Fsp3) is 0.423. The van der Waals surface area contributed by atoms with E-state index in [4.69, 9.17) is 14.2 Å². The van der Waals surface area contributed by atoms with Crippen LogP contribution in [-0.4, -0.2) is 54.2 Å². The van der Waals surface area contributed by atoms with Gasteiger partial charge in [0.25, 0.3) is 0 Å². The number of carbonyl (C=O) groups is 1. The van der Waals surface area contributed by atoms with Crippen LogP contribution < -0.4 is 19.7 Å². The van der Waals surface area contributed by atoms with Crippen LogP contribution in [0.3, 0.4) is 0 Å². The summed E-state index contributed by atoms with van der Waals surface area (Å²) in [5, 5.41) is 8.09. The standard InChI is InChI=1S/C26H31N5O4/c1-17-7-8-21-22(31(17)26(32)34-3)10-9-20(25(21)35-24-6-4-5-23(29-24)33-2)18-15-28-30(16-18)19-11-13-27-14-12-19/h4-6,9-10,15-17,19,27H,7-8,11-14H2,1-3H3/t17-/m0/s1. The van der Waals surface area contributed by atoms with Crippen LogP contribution in [0.5, 0.6) is 17.5 Å². The molecule has 0 radical (unpaired) electrons. The average Bonchev–Trinajstić information content (AvgIpc) is 3.39. The molecule has 35 heavy (non-hydrogen) atoms. The summed E-state index contributed by atoms with van der Waals surface area (Å²) in [6.07, 6.45) is 7.26.